The van der Waals surface area contributed by atoms with Crippen LogP contribution in [0.3, 0.4) is 0 Å². The molecule has 0 saturated carbocycles. The zero-order valence-electron chi connectivity index (χ0n) is 9.61. The molecule has 3 N–H and O–H groups in total. The van der Waals surface area contributed by atoms with Crippen LogP contribution in [-0.2, 0) is 6.18 Å². The number of hydrogen-bond donors (Lipinski definition) is 2. The number of nitrogen functional groups attached to an aromatic ring is 1. The molecule has 0 aliphatic rings. The summed E-state index contributed by atoms with van der Waals surface area (Å²) in [5.41, 5.74) is 4.34. The fraction of sp³-hybridized carbons (Fsp3) is 0.0769. The molecular formula is C13H10F3NO2. The van der Waals surface area contributed by atoms with Crippen molar-refractivity contribution in [2.75, 3.05) is 5.73 Å². The zero-order chi connectivity index (χ0) is 14.0. The molecule has 0 spiro atoms. The molecule has 0 radical (unpaired) electrons. The number of nitrogens with two attached hydrogens (primary N) is 1. The number of rotatable bonds is 2. The van der Waals surface area contributed by atoms with Gasteiger partial charge in [-0.05, 0) is 30.3 Å². The molecule has 0 saturated heterocycles. The molecule has 2 rings (SSSR count). The Balaban J connectivity index is 2.44. The van der Waals surface area contributed by atoms with Gasteiger partial charge in [-0.1, -0.05) is 12.1 Å². The molecule has 2 aromatic carbocycles. The van der Waals surface area contributed by atoms with Gasteiger partial charge in [0, 0.05) is 5.69 Å². The molecule has 0 aliphatic heterocycles. The molecule has 0 amide bonds. The molecule has 0 fully saturated rings. The van der Waals surface area contributed by atoms with Crippen molar-refractivity contribution >= 4 is 5.69 Å². The SMILES string of the molecule is Nc1ccc(Oc2ccccc2O)c(C(F)(F)F)c1. The Morgan fingerprint density at radius 2 is 1.68 bits per heavy atom. The first kappa shape index (κ1) is 13.1. The second kappa shape index (κ2) is 4.72. The number of aromatic hydroxyl groups is 1. The Bertz CT molecular complexity index is 597. The largest absolute Gasteiger partial charge is 0.504 e. The highest BCUT2D eigenvalue weighted by Gasteiger charge is 2.34. The minimum atomic E-state index is -4.59. The monoisotopic (exact) mass is 269 g/mol. The predicted octanol–water partition coefficient (Wildman–Crippen LogP) is 3.79. The number of para-hydroxylation sites is 2. The third kappa shape index (κ3) is 2.90. The minimum Gasteiger partial charge on any atom is -0.504 e. The summed E-state index contributed by atoms with van der Waals surface area (Å²) in [6.07, 6.45) is -4.59. The molecule has 3 nitrogen and oxygen atoms in total. The number of halogens is 3. The number of phenols is 1. The molecule has 0 heterocycles. The summed E-state index contributed by atoms with van der Waals surface area (Å²) in [4.78, 5) is 0. The van der Waals surface area contributed by atoms with Crippen LogP contribution < -0.4 is 10.5 Å². The maximum atomic E-state index is 12.8. The van der Waals surface area contributed by atoms with E-state index in [1.165, 1.54) is 24.3 Å². The van der Waals surface area contributed by atoms with E-state index in [2.05, 4.69) is 0 Å². The van der Waals surface area contributed by atoms with E-state index in [1.54, 1.807) is 6.07 Å². The van der Waals surface area contributed by atoms with E-state index in [0.717, 1.165) is 12.1 Å². The highest BCUT2D eigenvalue weighted by Crippen LogP contribution is 2.40. The van der Waals surface area contributed by atoms with Crippen LogP contribution >= 0.6 is 0 Å². The number of ether oxygens (including phenoxy) is 1. The van der Waals surface area contributed by atoms with Gasteiger partial charge < -0.3 is 15.6 Å². The summed E-state index contributed by atoms with van der Waals surface area (Å²) < 4.78 is 43.6. The molecule has 2 aromatic rings. The molecule has 0 unspecified atom stereocenters. The van der Waals surface area contributed by atoms with E-state index in [4.69, 9.17) is 10.5 Å². The summed E-state index contributed by atoms with van der Waals surface area (Å²) in [5.74, 6) is -0.714. The number of phenolic OH excluding ortho intramolecular Hbond substituents is 1. The Morgan fingerprint density at radius 1 is 1.00 bits per heavy atom. The fourth-order valence-electron chi connectivity index (χ4n) is 1.52. The summed E-state index contributed by atoms with van der Waals surface area (Å²) >= 11 is 0. The number of anilines is 1. The first-order valence-corrected chi connectivity index (χ1v) is 5.30. The van der Waals surface area contributed by atoms with Crippen LogP contribution in [0.2, 0.25) is 0 Å². The van der Waals surface area contributed by atoms with E-state index in [-0.39, 0.29) is 17.2 Å². The zero-order valence-corrected chi connectivity index (χ0v) is 9.61. The van der Waals surface area contributed by atoms with Gasteiger partial charge in [-0.25, -0.2) is 0 Å². The van der Waals surface area contributed by atoms with Crippen molar-refractivity contribution < 1.29 is 23.0 Å². The van der Waals surface area contributed by atoms with E-state index in [9.17, 15) is 18.3 Å². The van der Waals surface area contributed by atoms with Gasteiger partial charge in [0.2, 0.25) is 0 Å². The second-order valence-electron chi connectivity index (χ2n) is 3.82. The summed E-state index contributed by atoms with van der Waals surface area (Å²) in [7, 11) is 0. The average molecular weight is 269 g/mol. The Hall–Kier alpha value is -2.37. The first-order valence-electron chi connectivity index (χ1n) is 5.30. The number of hydrogen-bond acceptors (Lipinski definition) is 3. The van der Waals surface area contributed by atoms with Gasteiger partial charge >= 0.3 is 6.18 Å². The van der Waals surface area contributed by atoms with Crippen LogP contribution in [0.4, 0.5) is 18.9 Å². The summed E-state index contributed by atoms with van der Waals surface area (Å²) in [6, 6.07) is 8.96. The molecule has 19 heavy (non-hydrogen) atoms. The lowest BCUT2D eigenvalue weighted by Crippen LogP contribution is -2.08. The fourth-order valence-corrected chi connectivity index (χ4v) is 1.52. The van der Waals surface area contributed by atoms with Crippen LogP contribution in [0, 0.1) is 0 Å². The molecule has 0 bridgehead atoms. The van der Waals surface area contributed by atoms with Crippen molar-refractivity contribution in [3.63, 3.8) is 0 Å². The molecular weight excluding hydrogens is 259 g/mol. The molecule has 0 aliphatic carbocycles. The van der Waals surface area contributed by atoms with Crippen LogP contribution in [-0.4, -0.2) is 5.11 Å². The second-order valence-corrected chi connectivity index (χ2v) is 3.82. The molecule has 0 aromatic heterocycles. The lowest BCUT2D eigenvalue weighted by atomic mass is 10.1. The van der Waals surface area contributed by atoms with Crippen LogP contribution in [0.5, 0.6) is 17.2 Å². The molecule has 6 heteroatoms. The van der Waals surface area contributed by atoms with E-state index in [0.29, 0.717) is 0 Å². The van der Waals surface area contributed by atoms with Gasteiger partial charge in [-0.15, -0.1) is 0 Å². The maximum absolute atomic E-state index is 12.8. The van der Waals surface area contributed by atoms with Crippen molar-refractivity contribution in [3.8, 4) is 17.2 Å². The topological polar surface area (TPSA) is 55.5 Å². The van der Waals surface area contributed by atoms with Crippen LogP contribution in [0.15, 0.2) is 42.5 Å². The average Bonchev–Trinajstić information content (AvgIpc) is 2.33. The van der Waals surface area contributed by atoms with Gasteiger partial charge in [0.1, 0.15) is 11.3 Å². The van der Waals surface area contributed by atoms with Crippen molar-refractivity contribution in [1.82, 2.24) is 0 Å². The van der Waals surface area contributed by atoms with Crippen molar-refractivity contribution in [2.24, 2.45) is 0 Å². The normalized spacial score (nSPS) is 11.3. The van der Waals surface area contributed by atoms with Gasteiger partial charge in [0.25, 0.3) is 0 Å². The Kier molecular flexibility index (Phi) is 3.25. The van der Waals surface area contributed by atoms with Gasteiger partial charge in [0.05, 0.1) is 0 Å². The van der Waals surface area contributed by atoms with Gasteiger partial charge in [-0.2, -0.15) is 13.2 Å². The van der Waals surface area contributed by atoms with E-state index in [1.807, 2.05) is 0 Å². The Morgan fingerprint density at radius 3 is 2.32 bits per heavy atom. The third-order valence-electron chi connectivity index (χ3n) is 2.39. The van der Waals surface area contributed by atoms with E-state index < -0.39 is 17.5 Å². The maximum Gasteiger partial charge on any atom is 0.420 e. The molecule has 0 atom stereocenters. The summed E-state index contributed by atoms with van der Waals surface area (Å²) in [6.45, 7) is 0. The predicted molar refractivity (Wildman–Crippen MR) is 64.0 cm³/mol. The van der Waals surface area contributed by atoms with Crippen molar-refractivity contribution in [1.29, 1.82) is 0 Å². The molecule has 100 valence electrons. The van der Waals surface area contributed by atoms with Crippen LogP contribution in [0.25, 0.3) is 0 Å². The van der Waals surface area contributed by atoms with Crippen molar-refractivity contribution in [3.05, 3.63) is 48.0 Å². The lowest BCUT2D eigenvalue weighted by Gasteiger charge is -2.14. The lowest BCUT2D eigenvalue weighted by molar-refractivity contribution is -0.138. The standard InChI is InChI=1S/C13H10F3NO2/c14-13(15,16)9-7-8(17)5-6-11(9)19-12-4-2-1-3-10(12)18/h1-7,18H,17H2. The summed E-state index contributed by atoms with van der Waals surface area (Å²) in [5, 5.41) is 9.49. The highest BCUT2D eigenvalue weighted by atomic mass is 19.4. The number of alkyl halides is 3. The quantitative estimate of drug-likeness (QED) is 0.815. The van der Waals surface area contributed by atoms with Gasteiger partial charge in [-0.3, -0.25) is 0 Å². The third-order valence-corrected chi connectivity index (χ3v) is 2.39. The Labute approximate surface area is 107 Å². The number of benzene rings is 2. The minimum absolute atomic E-state index is 0.0167. The first-order chi connectivity index (χ1) is 8.88. The van der Waals surface area contributed by atoms with Gasteiger partial charge in [0.15, 0.2) is 11.5 Å². The smallest absolute Gasteiger partial charge is 0.420 e. The van der Waals surface area contributed by atoms with Crippen LogP contribution in [0.1, 0.15) is 5.56 Å². The van der Waals surface area contributed by atoms with Crippen molar-refractivity contribution in [2.45, 2.75) is 6.18 Å². The highest BCUT2D eigenvalue weighted by molar-refractivity contribution is 5.51. The van der Waals surface area contributed by atoms with E-state index >= 15 is 0 Å².